The lowest BCUT2D eigenvalue weighted by Crippen LogP contribution is -2.33. The van der Waals surface area contributed by atoms with E-state index in [4.69, 9.17) is 26.3 Å². The third-order valence-electron chi connectivity index (χ3n) is 8.08. The molecule has 4 heterocycles. The highest BCUT2D eigenvalue weighted by Crippen LogP contribution is 2.41. The van der Waals surface area contributed by atoms with Gasteiger partial charge in [-0.25, -0.2) is 28.5 Å². The van der Waals surface area contributed by atoms with Crippen molar-refractivity contribution in [3.63, 3.8) is 0 Å². The molecule has 1 atom stereocenters. The van der Waals surface area contributed by atoms with Crippen LogP contribution in [0, 0.1) is 23.5 Å². The Hall–Kier alpha value is -4.03. The number of halogens is 3. The number of rotatable bonds is 7. The van der Waals surface area contributed by atoms with Crippen molar-refractivity contribution in [2.75, 3.05) is 7.11 Å². The summed E-state index contributed by atoms with van der Waals surface area (Å²) >= 11 is 6.32. The van der Waals surface area contributed by atoms with Crippen LogP contribution in [0.4, 0.5) is 8.78 Å². The molecule has 42 heavy (non-hydrogen) atoms. The Balaban J connectivity index is 1.67. The monoisotopic (exact) mass is 595 g/mol. The number of nitrogens with zero attached hydrogens (tertiary/aromatic N) is 6. The van der Waals surface area contributed by atoms with E-state index in [-0.39, 0.29) is 34.6 Å². The molecule has 1 N–H and O–H groups in total. The topological polar surface area (TPSA) is 125 Å². The first kappa shape index (κ1) is 28.1. The van der Waals surface area contributed by atoms with Crippen LogP contribution >= 0.6 is 11.6 Å². The van der Waals surface area contributed by atoms with Gasteiger partial charge in [0.1, 0.15) is 28.7 Å². The highest BCUT2D eigenvalue weighted by molar-refractivity contribution is 6.30. The maximum absolute atomic E-state index is 15.3. The minimum absolute atomic E-state index is 0.00911. The third kappa shape index (κ3) is 4.98. The van der Waals surface area contributed by atoms with Gasteiger partial charge < -0.3 is 9.30 Å². The lowest BCUT2D eigenvalue weighted by atomic mass is 9.83. The second kappa shape index (κ2) is 11.0. The maximum Gasteiger partial charge on any atom is 0.439 e. The molecule has 10 nitrogen and oxygen atoms in total. The quantitative estimate of drug-likeness (QED) is 0.247. The molecule has 1 unspecified atom stereocenters. The minimum Gasteiger partial charge on any atom is -0.366 e. The molecule has 5 aromatic rings. The van der Waals surface area contributed by atoms with Crippen LogP contribution in [0.15, 0.2) is 46.0 Å². The van der Waals surface area contributed by atoms with Crippen LogP contribution in [-0.2, 0) is 16.9 Å². The molecule has 0 saturated heterocycles. The van der Waals surface area contributed by atoms with Crippen LogP contribution in [-0.4, -0.2) is 41.8 Å². The first-order valence-corrected chi connectivity index (χ1v) is 14.0. The molecule has 0 radical (unpaired) electrons. The van der Waals surface area contributed by atoms with Crippen molar-refractivity contribution in [2.45, 2.75) is 51.7 Å². The minimum atomic E-state index is -1.65. The summed E-state index contributed by atoms with van der Waals surface area (Å²) < 4.78 is 43.1. The fourth-order valence-corrected chi connectivity index (χ4v) is 5.96. The van der Waals surface area contributed by atoms with E-state index < -0.39 is 23.0 Å². The number of H-pyrrole nitrogens is 1. The summed E-state index contributed by atoms with van der Waals surface area (Å²) in [6, 6.07) is 5.37. The van der Waals surface area contributed by atoms with E-state index in [0.717, 1.165) is 25.7 Å². The number of nitrogens with one attached hydrogen (secondary N) is 1. The largest absolute Gasteiger partial charge is 0.439 e. The van der Waals surface area contributed by atoms with E-state index in [1.165, 1.54) is 31.5 Å². The van der Waals surface area contributed by atoms with Gasteiger partial charge in [-0.1, -0.05) is 42.6 Å². The summed E-state index contributed by atoms with van der Waals surface area (Å²) in [5.41, 5.74) is -0.279. The second-order valence-electron chi connectivity index (χ2n) is 10.9. The molecule has 1 saturated carbocycles. The molecule has 0 spiro atoms. The smallest absolute Gasteiger partial charge is 0.366 e. The normalized spacial score (nSPS) is 18.8. The number of hydrogen-bond donors (Lipinski definition) is 1. The zero-order valence-corrected chi connectivity index (χ0v) is 24.0. The Labute approximate surface area is 244 Å². The van der Waals surface area contributed by atoms with E-state index in [1.54, 1.807) is 19.2 Å². The van der Waals surface area contributed by atoms with E-state index in [9.17, 15) is 4.79 Å². The first-order chi connectivity index (χ1) is 20.2. The molecule has 13 heteroatoms. The summed E-state index contributed by atoms with van der Waals surface area (Å²) in [5.74, 6) is -1.15. The number of ether oxygens (including phenoxy) is 1. The molecule has 6 rings (SSSR count). The molecule has 1 fully saturated rings. The third-order valence-corrected chi connectivity index (χ3v) is 8.29. The first-order valence-electron chi connectivity index (χ1n) is 13.6. The van der Waals surface area contributed by atoms with Gasteiger partial charge in [-0.3, -0.25) is 14.5 Å². The zero-order chi connectivity index (χ0) is 29.6. The van der Waals surface area contributed by atoms with E-state index in [0.29, 0.717) is 34.3 Å². The van der Waals surface area contributed by atoms with E-state index in [1.807, 2.05) is 4.57 Å². The number of aromatic nitrogens is 7. The molecule has 218 valence electrons. The Morgan fingerprint density at radius 2 is 1.88 bits per heavy atom. The molecule has 1 aromatic carbocycles. The van der Waals surface area contributed by atoms with Gasteiger partial charge in [-0.2, -0.15) is 0 Å². The number of hydrogen-bond acceptors (Lipinski definition) is 8. The second-order valence-corrected chi connectivity index (χ2v) is 11.3. The van der Waals surface area contributed by atoms with Crippen molar-refractivity contribution in [1.82, 2.24) is 34.6 Å². The van der Waals surface area contributed by atoms with Crippen molar-refractivity contribution in [2.24, 2.45) is 11.8 Å². The van der Waals surface area contributed by atoms with Crippen LogP contribution in [0.2, 0.25) is 5.02 Å². The van der Waals surface area contributed by atoms with Crippen LogP contribution in [0.3, 0.4) is 0 Å². The number of fused-ring (bicyclic) bond motifs is 1. The van der Waals surface area contributed by atoms with Gasteiger partial charge >= 0.3 is 5.76 Å². The number of pyridine rings is 1. The average Bonchev–Trinajstić information content (AvgIpc) is 3.57. The summed E-state index contributed by atoms with van der Waals surface area (Å²) in [7, 11) is 1.39. The van der Waals surface area contributed by atoms with Gasteiger partial charge in [0.2, 0.25) is 11.6 Å². The van der Waals surface area contributed by atoms with Gasteiger partial charge in [-0.05, 0) is 49.8 Å². The molecule has 0 amide bonds. The lowest BCUT2D eigenvalue weighted by molar-refractivity contribution is 0.0217. The van der Waals surface area contributed by atoms with Crippen LogP contribution < -0.4 is 5.76 Å². The van der Waals surface area contributed by atoms with Crippen LogP contribution in [0.5, 0.6) is 0 Å². The molecule has 4 aromatic heterocycles. The van der Waals surface area contributed by atoms with E-state index >= 15 is 8.78 Å². The standard InChI is InChI=1S/C29H28ClF2N7O3/c1-15-7-9-16(10-8-15)14-39-23-22(17-11-18(30)13-33-12-17)34-25(26-37-28(40)42-38-26)35-24(23)36-27(39)29(2,41-3)21-19(31)5-4-6-20(21)32/h4-6,11-13,15-16H,7-10,14H2,1-3H3,(H,37,38,40)/t15-,16-,29?. The molecular formula is C29H28ClF2N7O3. The van der Waals surface area contributed by atoms with Gasteiger partial charge in [0.25, 0.3) is 0 Å². The summed E-state index contributed by atoms with van der Waals surface area (Å²) in [6.45, 7) is 4.31. The highest BCUT2D eigenvalue weighted by Gasteiger charge is 2.41. The van der Waals surface area contributed by atoms with Crippen molar-refractivity contribution in [3.05, 3.63) is 75.3 Å². The molecule has 1 aliphatic carbocycles. The van der Waals surface area contributed by atoms with Gasteiger partial charge in [0.05, 0.1) is 10.6 Å². The van der Waals surface area contributed by atoms with Crippen molar-refractivity contribution < 1.29 is 18.0 Å². The average molecular weight is 596 g/mol. The summed E-state index contributed by atoms with van der Waals surface area (Å²) in [4.78, 5) is 32.6. The van der Waals surface area contributed by atoms with Gasteiger partial charge in [0, 0.05) is 31.6 Å². The van der Waals surface area contributed by atoms with Gasteiger partial charge in [-0.15, -0.1) is 0 Å². The van der Waals surface area contributed by atoms with Crippen molar-refractivity contribution >= 4 is 22.8 Å². The summed E-state index contributed by atoms with van der Waals surface area (Å²) in [6.07, 6.45) is 7.18. The molecule has 0 bridgehead atoms. The molecular weight excluding hydrogens is 568 g/mol. The number of benzene rings is 1. The zero-order valence-electron chi connectivity index (χ0n) is 23.2. The molecule has 1 aliphatic rings. The van der Waals surface area contributed by atoms with Crippen molar-refractivity contribution in [1.29, 1.82) is 0 Å². The number of imidazole rings is 1. The number of aromatic amines is 1. The maximum atomic E-state index is 15.3. The van der Waals surface area contributed by atoms with Crippen molar-refractivity contribution in [3.8, 4) is 22.9 Å². The Morgan fingerprint density at radius 3 is 2.52 bits per heavy atom. The van der Waals surface area contributed by atoms with Crippen LogP contribution in [0.25, 0.3) is 34.1 Å². The number of methoxy groups -OCH3 is 1. The van der Waals surface area contributed by atoms with Gasteiger partial charge in [0.15, 0.2) is 11.2 Å². The Kier molecular flexibility index (Phi) is 7.36. The Morgan fingerprint density at radius 1 is 1.14 bits per heavy atom. The predicted molar refractivity (Wildman–Crippen MR) is 151 cm³/mol. The highest BCUT2D eigenvalue weighted by atomic mass is 35.5. The Bertz CT molecular complexity index is 1810. The predicted octanol–water partition coefficient (Wildman–Crippen LogP) is 5.90. The SMILES string of the molecule is COC(C)(c1c(F)cccc1F)c1nc2nc(-c3noc(=O)[nH]3)nc(-c3cncc(Cl)c3)c2n1C[C@H]1CC[C@H](C)CC1. The molecule has 0 aliphatic heterocycles. The van der Waals surface area contributed by atoms with Crippen LogP contribution in [0.1, 0.15) is 50.9 Å². The summed E-state index contributed by atoms with van der Waals surface area (Å²) in [5, 5.41) is 4.12. The van der Waals surface area contributed by atoms with E-state index in [2.05, 4.69) is 31.6 Å². The fraction of sp³-hybridized carbons (Fsp3) is 0.379. The fourth-order valence-electron chi connectivity index (χ4n) is 5.78. The lowest BCUT2D eigenvalue weighted by Gasteiger charge is -2.32.